The van der Waals surface area contributed by atoms with Crippen molar-refractivity contribution in [1.29, 1.82) is 0 Å². The maximum absolute atomic E-state index is 11.5. The van der Waals surface area contributed by atoms with Crippen LogP contribution in [0.15, 0.2) is 18.2 Å². The van der Waals surface area contributed by atoms with Crippen molar-refractivity contribution < 1.29 is 19.2 Å². The summed E-state index contributed by atoms with van der Waals surface area (Å²) in [5.41, 5.74) is 0.0721. The smallest absolute Gasteiger partial charge is 0.411 e. The van der Waals surface area contributed by atoms with Gasteiger partial charge < -0.3 is 9.47 Å². The summed E-state index contributed by atoms with van der Waals surface area (Å²) in [7, 11) is 1.41. The molecule has 0 saturated carbocycles. The van der Waals surface area contributed by atoms with E-state index in [4.69, 9.17) is 9.47 Å². The van der Waals surface area contributed by atoms with Gasteiger partial charge in [-0.15, -0.1) is 0 Å². The van der Waals surface area contributed by atoms with Gasteiger partial charge in [0.25, 0.3) is 5.69 Å². The first kappa shape index (κ1) is 14.7. The van der Waals surface area contributed by atoms with Crippen molar-refractivity contribution in [3.63, 3.8) is 0 Å². The Morgan fingerprint density at radius 1 is 1.47 bits per heavy atom. The van der Waals surface area contributed by atoms with Gasteiger partial charge in [-0.1, -0.05) is 13.3 Å². The average Bonchev–Trinajstić information content (AvgIpc) is 2.38. The molecule has 0 heterocycles. The van der Waals surface area contributed by atoms with Crippen LogP contribution in [0, 0.1) is 10.1 Å². The molecular formula is C12H16N2O5. The minimum atomic E-state index is -0.660. The van der Waals surface area contributed by atoms with Crippen LogP contribution in [-0.2, 0) is 4.74 Å². The third-order valence-corrected chi connectivity index (χ3v) is 2.36. The molecule has 0 atom stereocenters. The molecule has 1 amide bonds. The van der Waals surface area contributed by atoms with E-state index in [1.165, 1.54) is 25.3 Å². The van der Waals surface area contributed by atoms with Crippen LogP contribution in [0.4, 0.5) is 16.2 Å². The van der Waals surface area contributed by atoms with Crippen LogP contribution in [0.5, 0.6) is 5.75 Å². The van der Waals surface area contributed by atoms with Crippen LogP contribution in [0.1, 0.15) is 19.8 Å². The van der Waals surface area contributed by atoms with Crippen LogP contribution >= 0.6 is 0 Å². The molecule has 19 heavy (non-hydrogen) atoms. The number of hydrogen-bond acceptors (Lipinski definition) is 5. The zero-order chi connectivity index (χ0) is 14.3. The molecule has 0 aliphatic rings. The lowest BCUT2D eigenvalue weighted by molar-refractivity contribution is -0.384. The summed E-state index contributed by atoms with van der Waals surface area (Å²) in [4.78, 5) is 21.6. The fourth-order valence-electron chi connectivity index (χ4n) is 1.36. The maximum Gasteiger partial charge on any atom is 0.411 e. The number of hydrogen-bond donors (Lipinski definition) is 1. The highest BCUT2D eigenvalue weighted by Crippen LogP contribution is 2.28. The molecule has 1 N–H and O–H groups in total. The van der Waals surface area contributed by atoms with Crippen LogP contribution in [0.2, 0.25) is 0 Å². The highest BCUT2D eigenvalue weighted by molar-refractivity contribution is 5.87. The summed E-state index contributed by atoms with van der Waals surface area (Å²) >= 11 is 0. The molecule has 1 aromatic carbocycles. The van der Waals surface area contributed by atoms with Crippen molar-refractivity contribution in [2.45, 2.75) is 19.8 Å². The van der Waals surface area contributed by atoms with Gasteiger partial charge in [-0.25, -0.2) is 4.79 Å². The van der Waals surface area contributed by atoms with E-state index in [0.717, 1.165) is 12.8 Å². The van der Waals surface area contributed by atoms with Crippen molar-refractivity contribution in [3.8, 4) is 5.75 Å². The Hall–Kier alpha value is -2.31. The number of amides is 1. The van der Waals surface area contributed by atoms with Gasteiger partial charge in [-0.2, -0.15) is 0 Å². The summed E-state index contributed by atoms with van der Waals surface area (Å²) in [6.07, 6.45) is 1.01. The SMILES string of the molecule is CCCCOC(=O)Nc1cc([N+](=O)[O-])ccc1OC. The van der Waals surface area contributed by atoms with E-state index in [-0.39, 0.29) is 11.4 Å². The zero-order valence-electron chi connectivity index (χ0n) is 10.8. The van der Waals surface area contributed by atoms with Crippen LogP contribution in [0.25, 0.3) is 0 Å². The molecule has 0 aliphatic carbocycles. The summed E-state index contributed by atoms with van der Waals surface area (Å²) in [6.45, 7) is 2.28. The topological polar surface area (TPSA) is 90.7 Å². The van der Waals surface area contributed by atoms with E-state index in [9.17, 15) is 14.9 Å². The number of methoxy groups -OCH3 is 1. The van der Waals surface area contributed by atoms with E-state index in [0.29, 0.717) is 12.4 Å². The lowest BCUT2D eigenvalue weighted by Crippen LogP contribution is -2.15. The maximum atomic E-state index is 11.5. The molecule has 1 aromatic rings. The Labute approximate surface area is 110 Å². The first-order valence-electron chi connectivity index (χ1n) is 5.84. The summed E-state index contributed by atoms with van der Waals surface area (Å²) in [6, 6.07) is 3.94. The van der Waals surface area contributed by atoms with Gasteiger partial charge in [0.1, 0.15) is 5.75 Å². The summed E-state index contributed by atoms with van der Waals surface area (Å²) < 4.78 is 9.92. The second-order valence-corrected chi connectivity index (χ2v) is 3.76. The number of nitrogens with zero attached hydrogens (tertiary/aromatic N) is 1. The number of unbranched alkanes of at least 4 members (excludes halogenated alkanes) is 1. The Morgan fingerprint density at radius 3 is 2.79 bits per heavy atom. The normalized spacial score (nSPS) is 9.79. The number of ether oxygens (including phenoxy) is 2. The highest BCUT2D eigenvalue weighted by atomic mass is 16.6. The van der Waals surface area contributed by atoms with Crippen molar-refractivity contribution in [3.05, 3.63) is 28.3 Å². The lowest BCUT2D eigenvalue weighted by Gasteiger charge is -2.10. The highest BCUT2D eigenvalue weighted by Gasteiger charge is 2.14. The number of nitro benzene ring substituents is 1. The number of benzene rings is 1. The zero-order valence-corrected chi connectivity index (χ0v) is 10.8. The first-order valence-corrected chi connectivity index (χ1v) is 5.84. The van der Waals surface area contributed by atoms with Gasteiger partial charge >= 0.3 is 6.09 Å². The first-order chi connectivity index (χ1) is 9.08. The van der Waals surface area contributed by atoms with Gasteiger partial charge in [0.15, 0.2) is 0 Å². The minimum absolute atomic E-state index is 0.135. The Kier molecular flexibility index (Phi) is 5.59. The molecule has 0 aliphatic heterocycles. The molecule has 0 aromatic heterocycles. The van der Waals surface area contributed by atoms with Gasteiger partial charge in [-0.3, -0.25) is 15.4 Å². The molecule has 0 spiro atoms. The summed E-state index contributed by atoms with van der Waals surface area (Å²) in [5, 5.41) is 13.1. The van der Waals surface area contributed by atoms with Gasteiger partial charge in [0.2, 0.25) is 0 Å². The fraction of sp³-hybridized carbons (Fsp3) is 0.417. The Morgan fingerprint density at radius 2 is 2.21 bits per heavy atom. The van der Waals surface area contributed by atoms with Gasteiger partial charge in [0.05, 0.1) is 24.3 Å². The molecule has 0 bridgehead atoms. The van der Waals surface area contributed by atoms with Gasteiger partial charge in [0, 0.05) is 12.1 Å². The predicted octanol–water partition coefficient (Wildman–Crippen LogP) is 2.95. The van der Waals surface area contributed by atoms with Crippen molar-refractivity contribution in [2.75, 3.05) is 19.0 Å². The largest absolute Gasteiger partial charge is 0.495 e. The number of anilines is 1. The average molecular weight is 268 g/mol. The van der Waals surface area contributed by atoms with E-state index in [2.05, 4.69) is 5.32 Å². The molecule has 0 radical (unpaired) electrons. The molecule has 7 nitrogen and oxygen atoms in total. The number of nitro groups is 1. The van der Waals surface area contributed by atoms with Crippen molar-refractivity contribution in [2.24, 2.45) is 0 Å². The molecule has 7 heteroatoms. The Bertz CT molecular complexity index is 461. The summed E-state index contributed by atoms with van der Waals surface area (Å²) in [5.74, 6) is 0.332. The number of carbonyl (C=O) groups is 1. The lowest BCUT2D eigenvalue weighted by atomic mass is 10.2. The van der Waals surface area contributed by atoms with E-state index in [1.807, 2.05) is 6.92 Å². The molecule has 104 valence electrons. The van der Waals surface area contributed by atoms with Crippen LogP contribution < -0.4 is 10.1 Å². The van der Waals surface area contributed by atoms with E-state index in [1.54, 1.807) is 0 Å². The molecule has 0 saturated heterocycles. The fourth-order valence-corrected chi connectivity index (χ4v) is 1.36. The molecule has 1 rings (SSSR count). The Balaban J connectivity index is 2.77. The van der Waals surface area contributed by atoms with E-state index < -0.39 is 11.0 Å². The van der Waals surface area contributed by atoms with Crippen LogP contribution in [0.3, 0.4) is 0 Å². The van der Waals surface area contributed by atoms with Crippen LogP contribution in [-0.4, -0.2) is 24.7 Å². The molecule has 0 fully saturated rings. The van der Waals surface area contributed by atoms with Crippen molar-refractivity contribution in [1.82, 2.24) is 0 Å². The van der Waals surface area contributed by atoms with Gasteiger partial charge in [-0.05, 0) is 12.5 Å². The predicted molar refractivity (Wildman–Crippen MR) is 69.5 cm³/mol. The van der Waals surface area contributed by atoms with Crippen molar-refractivity contribution >= 4 is 17.5 Å². The number of rotatable bonds is 6. The monoisotopic (exact) mass is 268 g/mol. The number of non-ortho nitro benzene ring substituents is 1. The number of nitrogens with one attached hydrogen (secondary N) is 1. The number of carbonyl (C=O) groups excluding carboxylic acids is 1. The minimum Gasteiger partial charge on any atom is -0.495 e. The molecular weight excluding hydrogens is 252 g/mol. The second-order valence-electron chi connectivity index (χ2n) is 3.76. The third-order valence-electron chi connectivity index (χ3n) is 2.36. The second kappa shape index (κ2) is 7.20. The standard InChI is InChI=1S/C12H16N2O5/c1-3-4-7-19-12(15)13-10-8-9(14(16)17)5-6-11(10)18-2/h5-6,8H,3-4,7H2,1-2H3,(H,13,15). The third kappa shape index (κ3) is 4.46. The quantitative estimate of drug-likeness (QED) is 0.486. The van der Waals surface area contributed by atoms with E-state index >= 15 is 0 Å². The molecule has 0 unspecified atom stereocenters.